The van der Waals surface area contributed by atoms with E-state index in [2.05, 4.69) is 44.1 Å². The molecule has 23 heavy (non-hydrogen) atoms. The lowest BCUT2D eigenvalue weighted by Crippen LogP contribution is -2.12. The summed E-state index contributed by atoms with van der Waals surface area (Å²) in [5.41, 5.74) is 1.10. The van der Waals surface area contributed by atoms with Crippen LogP contribution in [0, 0.1) is 0 Å². The Morgan fingerprint density at radius 2 is 1.78 bits per heavy atom. The van der Waals surface area contributed by atoms with Gasteiger partial charge < -0.3 is 15.2 Å². The molecule has 0 aliphatic carbocycles. The SMILES string of the molecule is CC[C@@H](C)Oc1ccc(C(=O)Nc2cc(Br)c(O)c(Br)c2)cc1. The van der Waals surface area contributed by atoms with Crippen LogP contribution in [0.5, 0.6) is 11.5 Å². The highest BCUT2D eigenvalue weighted by atomic mass is 79.9. The fourth-order valence-electron chi connectivity index (χ4n) is 1.84. The lowest BCUT2D eigenvalue weighted by atomic mass is 10.2. The van der Waals surface area contributed by atoms with Crippen molar-refractivity contribution in [3.63, 3.8) is 0 Å². The molecule has 2 aromatic carbocycles. The molecule has 0 spiro atoms. The van der Waals surface area contributed by atoms with Crippen molar-refractivity contribution in [1.29, 1.82) is 0 Å². The minimum atomic E-state index is -0.232. The van der Waals surface area contributed by atoms with E-state index in [4.69, 9.17) is 4.74 Å². The van der Waals surface area contributed by atoms with Crippen LogP contribution in [0.15, 0.2) is 45.3 Å². The van der Waals surface area contributed by atoms with Crippen LogP contribution in [-0.4, -0.2) is 17.1 Å². The minimum Gasteiger partial charge on any atom is -0.506 e. The highest BCUT2D eigenvalue weighted by molar-refractivity contribution is 9.11. The van der Waals surface area contributed by atoms with E-state index in [1.807, 2.05) is 6.92 Å². The molecule has 0 radical (unpaired) electrons. The van der Waals surface area contributed by atoms with Crippen molar-refractivity contribution in [2.75, 3.05) is 5.32 Å². The molecule has 2 N–H and O–H groups in total. The topological polar surface area (TPSA) is 58.6 Å². The fraction of sp³-hybridized carbons (Fsp3) is 0.235. The molecule has 122 valence electrons. The fourth-order valence-corrected chi connectivity index (χ4v) is 3.03. The van der Waals surface area contributed by atoms with Gasteiger partial charge in [0.1, 0.15) is 11.5 Å². The largest absolute Gasteiger partial charge is 0.506 e. The summed E-state index contributed by atoms with van der Waals surface area (Å²) in [7, 11) is 0. The monoisotopic (exact) mass is 441 g/mol. The molecule has 6 heteroatoms. The Morgan fingerprint density at radius 1 is 1.22 bits per heavy atom. The van der Waals surface area contributed by atoms with Gasteiger partial charge in [0, 0.05) is 11.3 Å². The minimum absolute atomic E-state index is 0.0922. The molecule has 4 nitrogen and oxygen atoms in total. The summed E-state index contributed by atoms with van der Waals surface area (Å²) in [6.07, 6.45) is 1.06. The third-order valence-electron chi connectivity index (χ3n) is 3.30. The summed E-state index contributed by atoms with van der Waals surface area (Å²) >= 11 is 6.47. The van der Waals surface area contributed by atoms with Crippen LogP contribution in [0.4, 0.5) is 5.69 Å². The van der Waals surface area contributed by atoms with Crippen molar-refractivity contribution >= 4 is 43.5 Å². The molecule has 0 saturated carbocycles. The van der Waals surface area contributed by atoms with E-state index in [0.717, 1.165) is 12.2 Å². The number of nitrogens with one attached hydrogen (secondary N) is 1. The Bertz CT molecular complexity index is 678. The molecule has 2 rings (SSSR count). The third kappa shape index (κ3) is 4.72. The van der Waals surface area contributed by atoms with Crippen LogP contribution >= 0.6 is 31.9 Å². The van der Waals surface area contributed by atoms with Gasteiger partial charge in [0.2, 0.25) is 0 Å². The molecule has 1 amide bonds. The summed E-state index contributed by atoms with van der Waals surface area (Å²) in [6, 6.07) is 10.3. The first-order chi connectivity index (χ1) is 10.9. The summed E-state index contributed by atoms with van der Waals surface area (Å²) in [4.78, 5) is 12.3. The maximum atomic E-state index is 12.3. The van der Waals surface area contributed by atoms with Crippen molar-refractivity contribution < 1.29 is 14.6 Å². The van der Waals surface area contributed by atoms with Gasteiger partial charge in [-0.25, -0.2) is 0 Å². The summed E-state index contributed by atoms with van der Waals surface area (Å²) in [5, 5.41) is 12.5. The number of hydrogen-bond acceptors (Lipinski definition) is 3. The molecule has 0 unspecified atom stereocenters. The second kappa shape index (κ2) is 7.84. The second-order valence-corrected chi connectivity index (χ2v) is 6.81. The van der Waals surface area contributed by atoms with Crippen molar-refractivity contribution in [3.8, 4) is 11.5 Å². The van der Waals surface area contributed by atoms with E-state index >= 15 is 0 Å². The van der Waals surface area contributed by atoms with E-state index in [1.165, 1.54) is 0 Å². The highest BCUT2D eigenvalue weighted by Crippen LogP contribution is 2.35. The van der Waals surface area contributed by atoms with Gasteiger partial charge in [-0.2, -0.15) is 0 Å². The predicted octanol–water partition coefficient (Wildman–Crippen LogP) is 5.35. The zero-order valence-corrected chi connectivity index (χ0v) is 15.9. The number of carbonyl (C=O) groups is 1. The molecule has 0 aliphatic heterocycles. The van der Waals surface area contributed by atoms with Crippen LogP contribution in [0.2, 0.25) is 0 Å². The van der Waals surface area contributed by atoms with E-state index < -0.39 is 0 Å². The van der Waals surface area contributed by atoms with E-state index in [-0.39, 0.29) is 17.8 Å². The first-order valence-electron chi connectivity index (χ1n) is 7.16. The van der Waals surface area contributed by atoms with Gasteiger partial charge in [0.25, 0.3) is 5.91 Å². The van der Waals surface area contributed by atoms with Crippen LogP contribution < -0.4 is 10.1 Å². The van der Waals surface area contributed by atoms with Crippen molar-refractivity contribution in [2.24, 2.45) is 0 Å². The lowest BCUT2D eigenvalue weighted by Gasteiger charge is -2.13. The van der Waals surface area contributed by atoms with Crippen molar-refractivity contribution in [2.45, 2.75) is 26.4 Å². The van der Waals surface area contributed by atoms with Crippen LogP contribution in [-0.2, 0) is 0 Å². The molecule has 0 heterocycles. The Labute approximate surface area is 152 Å². The number of rotatable bonds is 5. The van der Waals surface area contributed by atoms with E-state index in [0.29, 0.717) is 20.2 Å². The number of phenolic OH excluding ortho intramolecular Hbond substituents is 1. The summed E-state index contributed by atoms with van der Waals surface area (Å²) < 4.78 is 6.69. The van der Waals surface area contributed by atoms with Gasteiger partial charge in [-0.3, -0.25) is 4.79 Å². The number of halogens is 2. The summed E-state index contributed by atoms with van der Waals surface area (Å²) in [5.74, 6) is 0.602. The molecule has 1 atom stereocenters. The molecular weight excluding hydrogens is 426 g/mol. The number of aromatic hydroxyl groups is 1. The number of amides is 1. The average molecular weight is 443 g/mol. The molecular formula is C17H17Br2NO3. The number of phenols is 1. The smallest absolute Gasteiger partial charge is 0.255 e. The second-order valence-electron chi connectivity index (χ2n) is 5.10. The normalized spacial score (nSPS) is 11.8. The first-order valence-corrected chi connectivity index (χ1v) is 8.75. The maximum absolute atomic E-state index is 12.3. The zero-order chi connectivity index (χ0) is 17.0. The number of ether oxygens (including phenoxy) is 1. The van der Waals surface area contributed by atoms with Gasteiger partial charge in [-0.05, 0) is 81.6 Å². The quantitative estimate of drug-likeness (QED) is 0.613. The predicted molar refractivity (Wildman–Crippen MR) is 98.3 cm³/mol. The molecule has 0 bridgehead atoms. The highest BCUT2D eigenvalue weighted by Gasteiger charge is 2.10. The van der Waals surface area contributed by atoms with Crippen LogP contribution in [0.25, 0.3) is 0 Å². The number of benzene rings is 2. The maximum Gasteiger partial charge on any atom is 0.255 e. The van der Waals surface area contributed by atoms with Crippen molar-refractivity contribution in [3.05, 3.63) is 50.9 Å². The number of hydrogen-bond donors (Lipinski definition) is 2. The van der Waals surface area contributed by atoms with Crippen molar-refractivity contribution in [1.82, 2.24) is 0 Å². The zero-order valence-electron chi connectivity index (χ0n) is 12.8. The Morgan fingerprint density at radius 3 is 2.30 bits per heavy atom. The third-order valence-corrected chi connectivity index (χ3v) is 4.51. The van der Waals surface area contributed by atoms with Crippen LogP contribution in [0.1, 0.15) is 30.6 Å². The lowest BCUT2D eigenvalue weighted by molar-refractivity contribution is 0.102. The van der Waals surface area contributed by atoms with Gasteiger partial charge in [0.05, 0.1) is 15.0 Å². The Kier molecular flexibility index (Phi) is 6.07. The standard InChI is InChI=1S/C17H17Br2NO3/c1-3-10(2)23-13-6-4-11(5-7-13)17(22)20-12-8-14(18)16(21)15(19)9-12/h4-10,21H,3H2,1-2H3,(H,20,22)/t10-/m1/s1. The molecule has 0 fully saturated rings. The first kappa shape index (κ1) is 17.8. The Hall–Kier alpha value is -1.53. The van der Waals surface area contributed by atoms with Gasteiger partial charge in [-0.15, -0.1) is 0 Å². The molecule has 0 aliphatic rings. The van der Waals surface area contributed by atoms with Gasteiger partial charge >= 0.3 is 0 Å². The number of anilines is 1. The van der Waals surface area contributed by atoms with E-state index in [1.54, 1.807) is 36.4 Å². The summed E-state index contributed by atoms with van der Waals surface area (Å²) in [6.45, 7) is 4.06. The number of carbonyl (C=O) groups excluding carboxylic acids is 1. The molecule has 2 aromatic rings. The molecule has 0 saturated heterocycles. The Balaban J connectivity index is 2.09. The van der Waals surface area contributed by atoms with Crippen LogP contribution in [0.3, 0.4) is 0 Å². The van der Waals surface area contributed by atoms with Gasteiger partial charge in [0.15, 0.2) is 0 Å². The van der Waals surface area contributed by atoms with E-state index in [9.17, 15) is 9.90 Å². The molecule has 0 aromatic heterocycles. The van der Waals surface area contributed by atoms with Gasteiger partial charge in [-0.1, -0.05) is 6.92 Å². The average Bonchev–Trinajstić information content (AvgIpc) is 2.53.